The zero-order chi connectivity index (χ0) is 14.9. The first-order valence-corrected chi connectivity index (χ1v) is 7.55. The van der Waals surface area contributed by atoms with Crippen LogP contribution in [0.1, 0.15) is 30.9 Å². The van der Waals surface area contributed by atoms with Crippen LogP contribution in [0.3, 0.4) is 0 Å². The molecule has 0 saturated heterocycles. The van der Waals surface area contributed by atoms with E-state index in [0.717, 1.165) is 0 Å². The van der Waals surface area contributed by atoms with Crippen LogP contribution < -0.4 is 4.57 Å². The van der Waals surface area contributed by atoms with Gasteiger partial charge in [0.25, 0.3) is 5.82 Å². The Morgan fingerprint density at radius 2 is 1.71 bits per heavy atom. The second-order valence-electron chi connectivity index (χ2n) is 6.64. The molecule has 1 aliphatic rings. The molecule has 0 amide bonds. The topological polar surface area (TPSA) is 8.81 Å². The molecule has 2 heteroatoms. The quantitative estimate of drug-likeness (QED) is 0.552. The van der Waals surface area contributed by atoms with Crippen molar-refractivity contribution < 1.29 is 4.57 Å². The maximum absolute atomic E-state index is 2.50. The van der Waals surface area contributed by atoms with E-state index in [-0.39, 0.29) is 5.54 Å². The van der Waals surface area contributed by atoms with Crippen molar-refractivity contribution in [1.82, 2.24) is 4.57 Å². The Bertz CT molecular complexity index is 898. The zero-order valence-electron chi connectivity index (χ0n) is 13.4. The van der Waals surface area contributed by atoms with Gasteiger partial charge in [0.1, 0.15) is 11.2 Å². The molecule has 4 rings (SSSR count). The Morgan fingerprint density at radius 3 is 2.48 bits per heavy atom. The summed E-state index contributed by atoms with van der Waals surface area (Å²) in [6.07, 6.45) is 0. The van der Waals surface area contributed by atoms with E-state index in [1.165, 1.54) is 39.1 Å². The zero-order valence-corrected chi connectivity index (χ0v) is 13.4. The molecule has 2 heterocycles. The number of benzene rings is 2. The summed E-state index contributed by atoms with van der Waals surface area (Å²) in [6, 6.07) is 13.3. The van der Waals surface area contributed by atoms with Gasteiger partial charge in [-0.3, -0.25) is 0 Å². The van der Waals surface area contributed by atoms with E-state index in [1.54, 1.807) is 0 Å². The van der Waals surface area contributed by atoms with Crippen molar-refractivity contribution in [3.8, 4) is 11.3 Å². The van der Waals surface area contributed by atoms with Crippen LogP contribution in [0, 0.1) is 13.8 Å². The molecule has 3 aromatic rings. The molecule has 1 aliphatic heterocycles. The van der Waals surface area contributed by atoms with Gasteiger partial charge in [-0.1, -0.05) is 36.4 Å². The summed E-state index contributed by atoms with van der Waals surface area (Å²) in [5.74, 6) is 1.31. The van der Waals surface area contributed by atoms with Gasteiger partial charge in [0.05, 0.1) is 7.05 Å². The minimum Gasteiger partial charge on any atom is -0.234 e. The smallest absolute Gasteiger partial charge is 0.234 e. The van der Waals surface area contributed by atoms with Gasteiger partial charge in [-0.05, 0) is 24.6 Å². The second kappa shape index (κ2) is 3.76. The lowest BCUT2D eigenvalue weighted by molar-refractivity contribution is -0.736. The van der Waals surface area contributed by atoms with E-state index < -0.39 is 0 Å². The summed E-state index contributed by atoms with van der Waals surface area (Å²) in [4.78, 5) is 0. The Labute approximate surface area is 125 Å². The molecule has 0 unspecified atom stereocenters. The standard InChI is InChI=1S/C19H21N2/c1-12-18-17-15-9-7-6-8-14(15)10-11-16(17)19(3,4)21(18)13(2)20(12)5/h6-11H,1-5H3/q+1. The van der Waals surface area contributed by atoms with Crippen LogP contribution in [0.5, 0.6) is 0 Å². The van der Waals surface area contributed by atoms with Gasteiger partial charge < -0.3 is 0 Å². The molecule has 1 aromatic heterocycles. The fourth-order valence-corrected chi connectivity index (χ4v) is 4.01. The third-order valence-electron chi connectivity index (χ3n) is 5.26. The summed E-state index contributed by atoms with van der Waals surface area (Å²) in [6.45, 7) is 9.09. The lowest BCUT2D eigenvalue weighted by Gasteiger charge is -2.19. The number of imidazole rings is 1. The van der Waals surface area contributed by atoms with E-state index in [2.05, 4.69) is 80.3 Å². The van der Waals surface area contributed by atoms with Gasteiger partial charge >= 0.3 is 0 Å². The van der Waals surface area contributed by atoms with Crippen LogP contribution in [0.4, 0.5) is 0 Å². The SMILES string of the molecule is Cc1c2[n+](c(C)n1C)C(C)(C)c1ccc3ccccc3c1-2. The van der Waals surface area contributed by atoms with Crippen LogP contribution >= 0.6 is 0 Å². The average molecular weight is 277 g/mol. The number of aromatic nitrogens is 2. The summed E-state index contributed by atoms with van der Waals surface area (Å²) in [5.41, 5.74) is 5.58. The third-order valence-corrected chi connectivity index (χ3v) is 5.26. The minimum absolute atomic E-state index is 0.00476. The predicted molar refractivity (Wildman–Crippen MR) is 86.4 cm³/mol. The van der Waals surface area contributed by atoms with Crippen molar-refractivity contribution in [2.45, 2.75) is 33.2 Å². The molecule has 106 valence electrons. The molecule has 2 aromatic carbocycles. The fraction of sp³-hybridized carbons (Fsp3) is 0.316. The van der Waals surface area contributed by atoms with Crippen LogP contribution in [0.2, 0.25) is 0 Å². The first kappa shape index (κ1) is 12.6. The van der Waals surface area contributed by atoms with E-state index in [4.69, 9.17) is 0 Å². The van der Waals surface area contributed by atoms with Gasteiger partial charge in [0.15, 0.2) is 5.69 Å². The van der Waals surface area contributed by atoms with Crippen molar-refractivity contribution >= 4 is 10.8 Å². The first-order chi connectivity index (χ1) is 9.94. The molecular formula is C19H21N2+. The molecule has 21 heavy (non-hydrogen) atoms. The normalized spacial score (nSPS) is 15.3. The van der Waals surface area contributed by atoms with Gasteiger partial charge in [-0.25, -0.2) is 9.13 Å². The molecule has 0 radical (unpaired) electrons. The van der Waals surface area contributed by atoms with Gasteiger partial charge in [-0.15, -0.1) is 0 Å². The van der Waals surface area contributed by atoms with Crippen LogP contribution in [-0.2, 0) is 12.6 Å². The highest BCUT2D eigenvalue weighted by atomic mass is 15.2. The highest BCUT2D eigenvalue weighted by molar-refractivity contribution is 5.98. The van der Waals surface area contributed by atoms with Crippen molar-refractivity contribution in [2.75, 3.05) is 0 Å². The fourth-order valence-electron chi connectivity index (χ4n) is 4.01. The van der Waals surface area contributed by atoms with Crippen molar-refractivity contribution in [3.63, 3.8) is 0 Å². The van der Waals surface area contributed by atoms with E-state index in [1.807, 2.05) is 0 Å². The van der Waals surface area contributed by atoms with E-state index >= 15 is 0 Å². The Balaban J connectivity index is 2.26. The van der Waals surface area contributed by atoms with Crippen molar-refractivity contribution in [2.24, 2.45) is 7.05 Å². The lowest BCUT2D eigenvalue weighted by atomic mass is 9.89. The Hall–Kier alpha value is -2.09. The summed E-state index contributed by atoms with van der Waals surface area (Å²) >= 11 is 0. The molecule has 0 N–H and O–H groups in total. The molecule has 2 nitrogen and oxygen atoms in total. The van der Waals surface area contributed by atoms with Gasteiger partial charge in [0.2, 0.25) is 0 Å². The predicted octanol–water partition coefficient (Wildman–Crippen LogP) is 3.85. The maximum Gasteiger partial charge on any atom is 0.254 e. The molecule has 0 bridgehead atoms. The molecule has 0 saturated carbocycles. The van der Waals surface area contributed by atoms with Gasteiger partial charge in [0, 0.05) is 25.0 Å². The highest BCUT2D eigenvalue weighted by Gasteiger charge is 2.45. The lowest BCUT2D eigenvalue weighted by Crippen LogP contribution is -2.52. The van der Waals surface area contributed by atoms with E-state index in [9.17, 15) is 0 Å². The van der Waals surface area contributed by atoms with E-state index in [0.29, 0.717) is 0 Å². The summed E-state index contributed by atoms with van der Waals surface area (Å²) in [5, 5.41) is 2.68. The van der Waals surface area contributed by atoms with Gasteiger partial charge in [-0.2, -0.15) is 0 Å². The minimum atomic E-state index is 0.00476. The maximum atomic E-state index is 2.50. The Morgan fingerprint density at radius 1 is 1.00 bits per heavy atom. The van der Waals surface area contributed by atoms with Crippen LogP contribution in [0.15, 0.2) is 36.4 Å². The highest BCUT2D eigenvalue weighted by Crippen LogP contribution is 2.43. The average Bonchev–Trinajstić information content (AvgIpc) is 2.85. The number of hydrogen-bond donors (Lipinski definition) is 0. The molecule has 0 atom stereocenters. The largest absolute Gasteiger partial charge is 0.254 e. The number of fused-ring (bicyclic) bond motifs is 5. The first-order valence-electron chi connectivity index (χ1n) is 7.55. The number of rotatable bonds is 0. The monoisotopic (exact) mass is 277 g/mol. The van der Waals surface area contributed by atoms with Crippen molar-refractivity contribution in [1.29, 1.82) is 0 Å². The molecule has 0 fully saturated rings. The van der Waals surface area contributed by atoms with Crippen molar-refractivity contribution in [3.05, 3.63) is 53.5 Å². The number of hydrogen-bond acceptors (Lipinski definition) is 0. The van der Waals surface area contributed by atoms with Crippen LogP contribution in [-0.4, -0.2) is 4.57 Å². The summed E-state index contributed by atoms with van der Waals surface area (Å²) in [7, 11) is 2.16. The number of nitrogens with zero attached hydrogens (tertiary/aromatic N) is 2. The third kappa shape index (κ3) is 1.35. The van der Waals surface area contributed by atoms with Crippen LogP contribution in [0.25, 0.3) is 22.0 Å². The second-order valence-corrected chi connectivity index (χ2v) is 6.64. The molecule has 0 aliphatic carbocycles. The summed E-state index contributed by atoms with van der Waals surface area (Å²) < 4.78 is 4.81. The Kier molecular flexibility index (Phi) is 2.26. The molecular weight excluding hydrogens is 256 g/mol. The molecule has 0 spiro atoms.